The van der Waals surface area contributed by atoms with Crippen LogP contribution >= 0.6 is 0 Å². The maximum atomic E-state index is 12.6. The van der Waals surface area contributed by atoms with Crippen LogP contribution < -0.4 is 15.0 Å². The van der Waals surface area contributed by atoms with Gasteiger partial charge >= 0.3 is 0 Å². The maximum Gasteiger partial charge on any atom is 0.241 e. The van der Waals surface area contributed by atoms with Gasteiger partial charge in [-0.2, -0.15) is 0 Å². The lowest BCUT2D eigenvalue weighted by Gasteiger charge is -2.30. The van der Waals surface area contributed by atoms with Crippen molar-refractivity contribution in [1.82, 2.24) is 5.32 Å². The molecule has 0 spiro atoms. The van der Waals surface area contributed by atoms with E-state index in [1.165, 1.54) is 12.8 Å². The minimum absolute atomic E-state index is 0.0978. The zero-order valence-electron chi connectivity index (χ0n) is 13.7. The molecule has 1 N–H and O–H groups in total. The lowest BCUT2D eigenvalue weighted by molar-refractivity contribution is -0.118. The number of carbonyl (C=O) groups excluding carboxylic acids is 1. The molecule has 2 rings (SSSR count). The van der Waals surface area contributed by atoms with Crippen LogP contribution in [-0.2, 0) is 9.53 Å². The van der Waals surface area contributed by atoms with E-state index in [9.17, 15) is 4.79 Å². The maximum absolute atomic E-state index is 12.6. The Labute approximate surface area is 132 Å². The first kappa shape index (κ1) is 16.8. The number of methoxy groups -OCH3 is 2. The molecule has 0 radical (unpaired) electrons. The van der Waals surface area contributed by atoms with Crippen molar-refractivity contribution in [2.45, 2.75) is 25.8 Å². The molecule has 1 unspecified atom stereocenters. The van der Waals surface area contributed by atoms with Crippen LogP contribution in [0.2, 0.25) is 0 Å². The van der Waals surface area contributed by atoms with E-state index in [0.717, 1.165) is 11.4 Å². The number of hydrogen-bond donors (Lipinski definition) is 1. The molecule has 0 aliphatic heterocycles. The predicted molar refractivity (Wildman–Crippen MR) is 87.4 cm³/mol. The first-order valence-electron chi connectivity index (χ1n) is 7.83. The molecule has 1 aliphatic carbocycles. The van der Waals surface area contributed by atoms with Crippen LogP contribution in [0.25, 0.3) is 0 Å². The van der Waals surface area contributed by atoms with Gasteiger partial charge in [-0.25, -0.2) is 0 Å². The number of nitrogens with zero attached hydrogens (tertiary/aromatic N) is 1. The Hall–Kier alpha value is -1.59. The molecule has 0 heterocycles. The Balaban J connectivity index is 2.05. The number of benzene rings is 1. The summed E-state index contributed by atoms with van der Waals surface area (Å²) in [4.78, 5) is 14.5. The minimum Gasteiger partial charge on any atom is -0.497 e. The fraction of sp³-hybridized carbons (Fsp3) is 0.588. The largest absolute Gasteiger partial charge is 0.497 e. The van der Waals surface area contributed by atoms with E-state index in [2.05, 4.69) is 12.2 Å². The zero-order valence-corrected chi connectivity index (χ0v) is 13.7. The van der Waals surface area contributed by atoms with Crippen molar-refractivity contribution >= 4 is 11.6 Å². The van der Waals surface area contributed by atoms with Crippen molar-refractivity contribution in [2.24, 2.45) is 5.92 Å². The van der Waals surface area contributed by atoms with Gasteiger partial charge in [-0.05, 0) is 49.9 Å². The number of anilines is 1. The molecule has 1 atom stereocenters. The van der Waals surface area contributed by atoms with Gasteiger partial charge in [0.15, 0.2) is 0 Å². The summed E-state index contributed by atoms with van der Waals surface area (Å²) in [7, 11) is 3.30. The normalized spacial score (nSPS) is 15.4. The Morgan fingerprint density at radius 3 is 2.55 bits per heavy atom. The smallest absolute Gasteiger partial charge is 0.241 e. The molecule has 1 aromatic rings. The first-order valence-corrected chi connectivity index (χ1v) is 7.83. The Bertz CT molecular complexity index is 471. The zero-order chi connectivity index (χ0) is 15.9. The first-order chi connectivity index (χ1) is 10.7. The summed E-state index contributed by atoms with van der Waals surface area (Å²) in [5.41, 5.74) is 0.929. The molecule has 1 amide bonds. The van der Waals surface area contributed by atoms with Gasteiger partial charge in [0.2, 0.25) is 5.91 Å². The average Bonchev–Trinajstić information content (AvgIpc) is 3.37. The van der Waals surface area contributed by atoms with Crippen LogP contribution in [0.4, 0.5) is 5.69 Å². The molecule has 1 aliphatic rings. The third-order valence-electron chi connectivity index (χ3n) is 4.09. The van der Waals surface area contributed by atoms with Crippen LogP contribution in [0.15, 0.2) is 24.3 Å². The van der Waals surface area contributed by atoms with Gasteiger partial charge in [-0.3, -0.25) is 4.79 Å². The second-order valence-corrected chi connectivity index (χ2v) is 5.71. The van der Waals surface area contributed by atoms with Crippen LogP contribution in [0, 0.1) is 5.92 Å². The van der Waals surface area contributed by atoms with Gasteiger partial charge in [0.05, 0.1) is 20.3 Å². The van der Waals surface area contributed by atoms with Crippen molar-refractivity contribution < 1.29 is 14.3 Å². The predicted octanol–water partition coefficient (Wildman–Crippen LogP) is 2.06. The summed E-state index contributed by atoms with van der Waals surface area (Å²) in [6.45, 7) is 3.74. The van der Waals surface area contributed by atoms with Crippen molar-refractivity contribution in [1.29, 1.82) is 0 Å². The van der Waals surface area contributed by atoms with E-state index in [1.807, 2.05) is 29.2 Å². The topological polar surface area (TPSA) is 50.8 Å². The highest BCUT2D eigenvalue weighted by molar-refractivity contribution is 5.95. The number of amides is 1. The molecule has 122 valence electrons. The van der Waals surface area contributed by atoms with E-state index in [4.69, 9.17) is 9.47 Å². The highest BCUT2D eigenvalue weighted by Crippen LogP contribution is 2.37. The fourth-order valence-electron chi connectivity index (χ4n) is 2.59. The van der Waals surface area contributed by atoms with Gasteiger partial charge < -0.3 is 19.7 Å². The average molecular weight is 306 g/mol. The number of carbonyl (C=O) groups is 1. The second-order valence-electron chi connectivity index (χ2n) is 5.71. The van der Waals surface area contributed by atoms with Crippen LogP contribution in [-0.4, -0.2) is 45.9 Å². The SMILES string of the molecule is COCCNCC(=O)N(c1ccc(OC)cc1)C(C)C1CC1. The molecule has 5 heteroatoms. The van der Waals surface area contributed by atoms with Crippen molar-refractivity contribution in [3.05, 3.63) is 24.3 Å². The highest BCUT2D eigenvalue weighted by Gasteiger charge is 2.34. The summed E-state index contributed by atoms with van der Waals surface area (Å²) in [5, 5.41) is 3.13. The van der Waals surface area contributed by atoms with Gasteiger partial charge in [0.1, 0.15) is 5.75 Å². The van der Waals surface area contributed by atoms with E-state index >= 15 is 0 Å². The molecule has 0 aromatic heterocycles. The monoisotopic (exact) mass is 306 g/mol. The van der Waals surface area contributed by atoms with Crippen LogP contribution in [0.3, 0.4) is 0 Å². The molecule has 5 nitrogen and oxygen atoms in total. The number of ether oxygens (including phenoxy) is 2. The van der Waals surface area contributed by atoms with E-state index in [-0.39, 0.29) is 11.9 Å². The summed E-state index contributed by atoms with van der Waals surface area (Å²) < 4.78 is 10.2. The molecule has 22 heavy (non-hydrogen) atoms. The summed E-state index contributed by atoms with van der Waals surface area (Å²) >= 11 is 0. The quantitative estimate of drug-likeness (QED) is 0.710. The molecule has 1 saturated carbocycles. The van der Waals surface area contributed by atoms with Crippen molar-refractivity contribution in [2.75, 3.05) is 38.8 Å². The lowest BCUT2D eigenvalue weighted by Crippen LogP contribution is -2.45. The molecule has 0 saturated heterocycles. The fourth-order valence-corrected chi connectivity index (χ4v) is 2.59. The number of rotatable bonds is 9. The lowest BCUT2D eigenvalue weighted by atomic mass is 10.1. The number of nitrogens with one attached hydrogen (secondary N) is 1. The second kappa shape index (κ2) is 8.15. The van der Waals surface area contributed by atoms with E-state index < -0.39 is 0 Å². The van der Waals surface area contributed by atoms with Crippen molar-refractivity contribution in [3.63, 3.8) is 0 Å². The molecule has 0 bridgehead atoms. The van der Waals surface area contributed by atoms with Crippen LogP contribution in [0.5, 0.6) is 5.75 Å². The third kappa shape index (κ3) is 4.45. The molecule has 1 fully saturated rings. The molecule has 1 aromatic carbocycles. The number of hydrogen-bond acceptors (Lipinski definition) is 4. The Kier molecular flexibility index (Phi) is 6.21. The van der Waals surface area contributed by atoms with E-state index in [1.54, 1.807) is 14.2 Å². The Morgan fingerprint density at radius 1 is 1.32 bits per heavy atom. The molecular formula is C17H26N2O3. The van der Waals surface area contributed by atoms with Gasteiger partial charge in [-0.1, -0.05) is 0 Å². The summed E-state index contributed by atoms with van der Waals surface area (Å²) in [6.07, 6.45) is 2.41. The molecular weight excluding hydrogens is 280 g/mol. The summed E-state index contributed by atoms with van der Waals surface area (Å²) in [5.74, 6) is 1.51. The van der Waals surface area contributed by atoms with Crippen LogP contribution in [0.1, 0.15) is 19.8 Å². The Morgan fingerprint density at radius 2 is 2.00 bits per heavy atom. The van der Waals surface area contributed by atoms with Crippen molar-refractivity contribution in [3.8, 4) is 5.75 Å². The standard InChI is InChI=1S/C17H26N2O3/c1-13(14-4-5-14)19(17(20)12-18-10-11-21-2)15-6-8-16(22-3)9-7-15/h6-9,13-14,18H,4-5,10-12H2,1-3H3. The van der Waals surface area contributed by atoms with Gasteiger partial charge in [0.25, 0.3) is 0 Å². The van der Waals surface area contributed by atoms with E-state index in [0.29, 0.717) is 25.6 Å². The third-order valence-corrected chi connectivity index (χ3v) is 4.09. The summed E-state index contributed by atoms with van der Waals surface area (Å²) in [6, 6.07) is 7.92. The van der Waals surface area contributed by atoms with Gasteiger partial charge in [-0.15, -0.1) is 0 Å². The minimum atomic E-state index is 0.0978. The van der Waals surface area contributed by atoms with Gasteiger partial charge in [0, 0.05) is 25.4 Å². The highest BCUT2D eigenvalue weighted by atomic mass is 16.5.